The van der Waals surface area contributed by atoms with Crippen molar-refractivity contribution < 1.29 is 9.47 Å². The Labute approximate surface area is 94.3 Å². The van der Waals surface area contributed by atoms with Gasteiger partial charge in [0.1, 0.15) is 6.61 Å². The molecule has 0 spiro atoms. The highest BCUT2D eigenvalue weighted by Crippen LogP contribution is 1.99. The fourth-order valence-electron chi connectivity index (χ4n) is 0.651. The summed E-state index contributed by atoms with van der Waals surface area (Å²) in [6, 6.07) is 0. The Morgan fingerprint density at radius 1 is 1.13 bits per heavy atom. The lowest BCUT2D eigenvalue weighted by Gasteiger charge is -2.03. The maximum Gasteiger partial charge on any atom is 0.111 e. The highest BCUT2D eigenvalue weighted by Gasteiger charge is 1.87. The Kier molecular flexibility index (Phi) is 14.2. The summed E-state index contributed by atoms with van der Waals surface area (Å²) in [6.45, 7) is 12.8. The molecule has 0 saturated heterocycles. The van der Waals surface area contributed by atoms with Gasteiger partial charge >= 0.3 is 0 Å². The van der Waals surface area contributed by atoms with Gasteiger partial charge in [-0.05, 0) is 19.9 Å². The molecule has 88 valence electrons. The summed E-state index contributed by atoms with van der Waals surface area (Å²) in [6.07, 6.45) is 5.70. The van der Waals surface area contributed by atoms with Crippen LogP contribution in [0.15, 0.2) is 36.1 Å². The minimum atomic E-state index is 0.597. The lowest BCUT2D eigenvalue weighted by atomic mass is 10.3. The van der Waals surface area contributed by atoms with Crippen LogP contribution in [-0.4, -0.2) is 20.3 Å². The van der Waals surface area contributed by atoms with E-state index in [-0.39, 0.29) is 0 Å². The minimum absolute atomic E-state index is 0.597. The van der Waals surface area contributed by atoms with Gasteiger partial charge in [0.05, 0.1) is 12.4 Å². The van der Waals surface area contributed by atoms with Gasteiger partial charge in [-0.1, -0.05) is 38.2 Å². The second-order valence-electron chi connectivity index (χ2n) is 2.73. The smallest absolute Gasteiger partial charge is 0.111 e. The fourth-order valence-corrected chi connectivity index (χ4v) is 0.651. The molecule has 0 aromatic heterocycles. The van der Waals surface area contributed by atoms with Crippen molar-refractivity contribution in [3.05, 3.63) is 36.1 Å². The zero-order valence-corrected chi connectivity index (χ0v) is 10.7. The third kappa shape index (κ3) is 13.0. The highest BCUT2D eigenvalue weighted by atomic mass is 16.5. The van der Waals surface area contributed by atoms with Crippen LogP contribution in [0.2, 0.25) is 0 Å². The number of allylic oxidation sites excluding steroid dienone is 5. The van der Waals surface area contributed by atoms with E-state index in [0.29, 0.717) is 13.2 Å². The first-order valence-electron chi connectivity index (χ1n) is 5.30. The third-order valence-electron chi connectivity index (χ3n) is 1.52. The molecule has 0 fully saturated rings. The van der Waals surface area contributed by atoms with Crippen LogP contribution in [-0.2, 0) is 9.47 Å². The minimum Gasteiger partial charge on any atom is -0.496 e. The van der Waals surface area contributed by atoms with E-state index in [1.165, 1.54) is 0 Å². The van der Waals surface area contributed by atoms with Crippen molar-refractivity contribution in [3.63, 3.8) is 0 Å². The Balaban J connectivity index is 0. The molecule has 0 radical (unpaired) electrons. The van der Waals surface area contributed by atoms with E-state index in [4.69, 9.17) is 9.47 Å². The Bertz CT molecular complexity index is 203. The van der Waals surface area contributed by atoms with Gasteiger partial charge in [-0.2, -0.15) is 0 Å². The second kappa shape index (κ2) is 13.0. The van der Waals surface area contributed by atoms with Crippen LogP contribution in [0, 0.1) is 0 Å². The Hall–Kier alpha value is -1.02. The first kappa shape index (κ1) is 16.4. The monoisotopic (exact) mass is 212 g/mol. The topological polar surface area (TPSA) is 18.5 Å². The average molecular weight is 212 g/mol. The van der Waals surface area contributed by atoms with E-state index in [0.717, 1.165) is 11.3 Å². The molecule has 0 aliphatic heterocycles. The van der Waals surface area contributed by atoms with E-state index in [2.05, 4.69) is 6.58 Å². The van der Waals surface area contributed by atoms with E-state index in [1.807, 2.05) is 39.8 Å². The maximum atomic E-state index is 5.33. The zero-order chi connectivity index (χ0) is 12.1. The summed E-state index contributed by atoms with van der Waals surface area (Å²) in [7, 11) is 1.66. The summed E-state index contributed by atoms with van der Waals surface area (Å²) in [5, 5.41) is 0. The van der Waals surface area contributed by atoms with Gasteiger partial charge in [-0.3, -0.25) is 0 Å². The molecule has 0 bridgehead atoms. The van der Waals surface area contributed by atoms with Crippen molar-refractivity contribution in [2.45, 2.75) is 27.7 Å². The number of hydrogen-bond acceptors (Lipinski definition) is 2. The zero-order valence-electron chi connectivity index (χ0n) is 10.7. The normalized spacial score (nSPS) is 11.5. The number of methoxy groups -OCH3 is 1. The molecule has 0 saturated carbocycles. The molecule has 2 heteroatoms. The van der Waals surface area contributed by atoms with Gasteiger partial charge in [0, 0.05) is 7.11 Å². The summed E-state index contributed by atoms with van der Waals surface area (Å²) >= 11 is 0. The van der Waals surface area contributed by atoms with Crippen molar-refractivity contribution in [3.8, 4) is 0 Å². The number of hydrogen-bond donors (Lipinski definition) is 0. The molecular weight excluding hydrogens is 188 g/mol. The number of ether oxygens (including phenoxy) is 2. The first-order valence-corrected chi connectivity index (χ1v) is 5.30. The summed E-state index contributed by atoms with van der Waals surface area (Å²) in [4.78, 5) is 0. The van der Waals surface area contributed by atoms with Gasteiger partial charge in [-0.15, -0.1) is 0 Å². The van der Waals surface area contributed by atoms with E-state index in [1.54, 1.807) is 13.2 Å². The predicted molar refractivity (Wildman–Crippen MR) is 66.9 cm³/mol. The van der Waals surface area contributed by atoms with Gasteiger partial charge in [0.25, 0.3) is 0 Å². The van der Waals surface area contributed by atoms with Crippen molar-refractivity contribution in [2.24, 2.45) is 0 Å². The predicted octanol–water partition coefficient (Wildman–Crippen LogP) is 3.71. The first-order chi connectivity index (χ1) is 7.20. The van der Waals surface area contributed by atoms with Crippen molar-refractivity contribution in [1.82, 2.24) is 0 Å². The summed E-state index contributed by atoms with van der Waals surface area (Å²) in [5.74, 6) is 0.887. The molecule has 0 rings (SSSR count). The van der Waals surface area contributed by atoms with E-state index in [9.17, 15) is 0 Å². The number of rotatable bonds is 6. The van der Waals surface area contributed by atoms with Gasteiger partial charge in [-0.25, -0.2) is 0 Å². The molecular formula is C13H24O2. The van der Waals surface area contributed by atoms with Gasteiger partial charge in [0.15, 0.2) is 0 Å². The molecule has 0 aliphatic rings. The van der Waals surface area contributed by atoms with Gasteiger partial charge < -0.3 is 9.47 Å². The molecule has 0 atom stereocenters. The van der Waals surface area contributed by atoms with Crippen LogP contribution in [0.4, 0.5) is 0 Å². The lowest BCUT2D eigenvalue weighted by Crippen LogP contribution is -1.99. The maximum absolute atomic E-state index is 5.33. The lowest BCUT2D eigenvalue weighted by molar-refractivity contribution is 0.110. The highest BCUT2D eigenvalue weighted by molar-refractivity contribution is 5.20. The Morgan fingerprint density at radius 2 is 1.73 bits per heavy atom. The average Bonchev–Trinajstić information content (AvgIpc) is 2.29. The standard InChI is InChI=1S/C11H18O2.C2H6/c1-5-10(2)6-7-11(3)13-9-8-12-4;1-2/h5-7H,1,8-9H2,2-4H3;1-2H3/b10-6-,11-7+;. The van der Waals surface area contributed by atoms with E-state index >= 15 is 0 Å². The van der Waals surface area contributed by atoms with Gasteiger partial charge in [0.2, 0.25) is 0 Å². The van der Waals surface area contributed by atoms with Crippen LogP contribution in [0.5, 0.6) is 0 Å². The van der Waals surface area contributed by atoms with Crippen LogP contribution in [0.25, 0.3) is 0 Å². The second-order valence-corrected chi connectivity index (χ2v) is 2.73. The van der Waals surface area contributed by atoms with Crippen molar-refractivity contribution in [1.29, 1.82) is 0 Å². The summed E-state index contributed by atoms with van der Waals surface area (Å²) < 4.78 is 10.2. The molecule has 0 unspecified atom stereocenters. The molecule has 0 amide bonds. The van der Waals surface area contributed by atoms with Crippen LogP contribution in [0.1, 0.15) is 27.7 Å². The molecule has 0 N–H and O–H groups in total. The molecule has 0 aliphatic carbocycles. The molecule has 2 nitrogen and oxygen atoms in total. The third-order valence-corrected chi connectivity index (χ3v) is 1.52. The largest absolute Gasteiger partial charge is 0.496 e. The summed E-state index contributed by atoms with van der Waals surface area (Å²) in [5.41, 5.74) is 1.12. The van der Waals surface area contributed by atoms with Crippen LogP contribution in [0.3, 0.4) is 0 Å². The Morgan fingerprint density at radius 3 is 2.20 bits per heavy atom. The fraction of sp³-hybridized carbons (Fsp3) is 0.538. The SMILES string of the molecule is C=C/C(C)=C\C=C(/C)OCCOC.CC. The van der Waals surface area contributed by atoms with E-state index < -0.39 is 0 Å². The molecule has 0 aromatic rings. The molecule has 15 heavy (non-hydrogen) atoms. The van der Waals surface area contributed by atoms with Crippen molar-refractivity contribution in [2.75, 3.05) is 20.3 Å². The quantitative estimate of drug-likeness (QED) is 0.379. The van der Waals surface area contributed by atoms with Crippen molar-refractivity contribution >= 4 is 0 Å². The molecule has 0 heterocycles. The van der Waals surface area contributed by atoms with Crippen LogP contribution < -0.4 is 0 Å². The van der Waals surface area contributed by atoms with Crippen LogP contribution >= 0.6 is 0 Å². The molecule has 0 aromatic carbocycles.